The molecule has 4 N–H and O–H groups in total. The van der Waals surface area contributed by atoms with Crippen molar-refractivity contribution in [3.63, 3.8) is 0 Å². The number of hydrogen-bond donors (Lipinski definition) is 3. The van der Waals surface area contributed by atoms with E-state index in [9.17, 15) is 14.4 Å². The Kier molecular flexibility index (Phi) is 11.9. The third-order valence-corrected chi connectivity index (χ3v) is 7.17. The van der Waals surface area contributed by atoms with Crippen LogP contribution in [0.3, 0.4) is 0 Å². The van der Waals surface area contributed by atoms with E-state index in [1.54, 1.807) is 36.5 Å². The summed E-state index contributed by atoms with van der Waals surface area (Å²) in [4.78, 5) is 46.5. The summed E-state index contributed by atoms with van der Waals surface area (Å²) in [6.07, 6.45) is 2.15. The second-order valence-electron chi connectivity index (χ2n) is 10.1. The maximum Gasteiger partial charge on any atom is 0.324 e. The van der Waals surface area contributed by atoms with Gasteiger partial charge in [-0.25, -0.2) is 4.79 Å². The number of urea groups is 1. The smallest absolute Gasteiger partial charge is 0.324 e. The molecule has 0 unspecified atom stereocenters. The Balaban J connectivity index is 1.58. The van der Waals surface area contributed by atoms with Gasteiger partial charge in [-0.05, 0) is 72.1 Å². The average molecular weight is 614 g/mol. The Bertz CT molecular complexity index is 1510. The lowest BCUT2D eigenvalue weighted by atomic mass is 10.0. The lowest BCUT2D eigenvalue weighted by Crippen LogP contribution is -2.54. The fraction of sp³-hybridized carbons (Fsp3) is 0.235. The van der Waals surface area contributed by atoms with Crippen LogP contribution in [-0.2, 0) is 30.7 Å². The van der Waals surface area contributed by atoms with E-state index in [4.69, 9.17) is 22.1 Å². The van der Waals surface area contributed by atoms with Gasteiger partial charge in [-0.1, -0.05) is 54.1 Å². The van der Waals surface area contributed by atoms with Crippen LogP contribution in [0.5, 0.6) is 5.75 Å². The van der Waals surface area contributed by atoms with E-state index in [1.165, 1.54) is 0 Å². The van der Waals surface area contributed by atoms with Crippen molar-refractivity contribution in [1.29, 1.82) is 0 Å². The summed E-state index contributed by atoms with van der Waals surface area (Å²) in [5, 5.41) is 6.19. The number of rotatable bonds is 13. The van der Waals surface area contributed by atoms with E-state index in [2.05, 4.69) is 15.6 Å². The summed E-state index contributed by atoms with van der Waals surface area (Å²) in [6.45, 7) is 3.10. The van der Waals surface area contributed by atoms with E-state index in [0.29, 0.717) is 35.9 Å². The zero-order chi connectivity index (χ0) is 31.3. The number of carbonyl (C=O) groups is 3. The number of benzene rings is 3. The first kappa shape index (κ1) is 32.2. The largest absolute Gasteiger partial charge is 0.494 e. The average Bonchev–Trinajstić information content (AvgIpc) is 3.05. The maximum absolute atomic E-state index is 14.2. The molecule has 0 aliphatic heterocycles. The van der Waals surface area contributed by atoms with E-state index >= 15 is 0 Å². The molecule has 0 bridgehead atoms. The van der Waals surface area contributed by atoms with Gasteiger partial charge in [-0.15, -0.1) is 0 Å². The highest BCUT2D eigenvalue weighted by atomic mass is 35.5. The molecule has 4 amide bonds. The molecule has 0 saturated heterocycles. The van der Waals surface area contributed by atoms with Gasteiger partial charge in [0.2, 0.25) is 0 Å². The van der Waals surface area contributed by atoms with Crippen molar-refractivity contribution >= 4 is 29.4 Å². The minimum absolute atomic E-state index is 0.0599. The highest BCUT2D eigenvalue weighted by Crippen LogP contribution is 2.16. The number of nitrogens with one attached hydrogen (secondary N) is 2. The molecule has 0 aliphatic carbocycles. The first-order valence-electron chi connectivity index (χ1n) is 14.4. The second kappa shape index (κ2) is 16.2. The lowest BCUT2D eigenvalue weighted by molar-refractivity contribution is -0.130. The number of pyridine rings is 1. The Morgan fingerprint density at radius 1 is 0.909 bits per heavy atom. The zero-order valence-electron chi connectivity index (χ0n) is 24.5. The molecule has 44 heavy (non-hydrogen) atoms. The molecule has 3 aromatic carbocycles. The number of nitrogens with two attached hydrogens (primary N) is 1. The molecule has 1 aromatic heterocycles. The van der Waals surface area contributed by atoms with Gasteiger partial charge in [-0.3, -0.25) is 19.5 Å². The molecule has 228 valence electrons. The lowest BCUT2D eigenvalue weighted by Gasteiger charge is -2.27. The number of nitrogens with zero attached hydrogens (tertiary/aromatic N) is 2. The van der Waals surface area contributed by atoms with Crippen LogP contribution in [0.25, 0.3) is 0 Å². The predicted octanol–water partition coefficient (Wildman–Crippen LogP) is 4.91. The Hall–Kier alpha value is -4.73. The van der Waals surface area contributed by atoms with Gasteiger partial charge in [0.15, 0.2) is 0 Å². The fourth-order valence-electron chi connectivity index (χ4n) is 4.51. The highest BCUT2D eigenvalue weighted by Gasteiger charge is 2.30. The molecule has 1 heterocycles. The number of carbonyl (C=O) groups excluding carboxylic acids is 3. The number of halogens is 1. The van der Waals surface area contributed by atoms with Gasteiger partial charge >= 0.3 is 6.03 Å². The van der Waals surface area contributed by atoms with E-state index in [0.717, 1.165) is 27.3 Å². The normalized spacial score (nSPS) is 11.3. The van der Waals surface area contributed by atoms with E-state index in [1.807, 2.05) is 67.6 Å². The Labute approximate surface area is 262 Å². The third-order valence-electron chi connectivity index (χ3n) is 6.92. The van der Waals surface area contributed by atoms with Crippen LogP contribution in [0, 0.1) is 0 Å². The van der Waals surface area contributed by atoms with Crippen molar-refractivity contribution in [1.82, 2.24) is 20.5 Å². The summed E-state index contributed by atoms with van der Waals surface area (Å²) in [5.74, 6) is -0.315. The van der Waals surface area contributed by atoms with Crippen LogP contribution < -0.4 is 21.1 Å². The number of aromatic nitrogens is 1. The van der Waals surface area contributed by atoms with Gasteiger partial charge in [0.05, 0.1) is 6.61 Å². The molecular formula is C34H36ClN5O4. The maximum atomic E-state index is 14.2. The SMILES string of the molecule is CCOc1ccc(C[C@@H](NC(=O)c2ccc(Cl)cc2)C(=O)N(CCc2ccccn2)C(=O)NCc2ccc(CN)cc2)cc1. The van der Waals surface area contributed by atoms with Gasteiger partial charge in [-0.2, -0.15) is 0 Å². The van der Waals surface area contributed by atoms with Crippen LogP contribution >= 0.6 is 11.6 Å². The number of ether oxygens (including phenoxy) is 1. The molecule has 4 aromatic rings. The van der Waals surface area contributed by atoms with Crippen molar-refractivity contribution < 1.29 is 19.1 Å². The van der Waals surface area contributed by atoms with Crippen LogP contribution in [0.2, 0.25) is 5.02 Å². The van der Waals surface area contributed by atoms with Gasteiger partial charge in [0, 0.05) is 55.0 Å². The van der Waals surface area contributed by atoms with Crippen molar-refractivity contribution in [3.8, 4) is 5.75 Å². The second-order valence-corrected chi connectivity index (χ2v) is 10.5. The first-order chi connectivity index (χ1) is 21.4. The fourth-order valence-corrected chi connectivity index (χ4v) is 4.63. The number of hydrogen-bond acceptors (Lipinski definition) is 6. The number of imide groups is 1. The predicted molar refractivity (Wildman–Crippen MR) is 170 cm³/mol. The van der Waals surface area contributed by atoms with Crippen LogP contribution in [-0.4, -0.2) is 46.9 Å². The molecule has 0 spiro atoms. The van der Waals surface area contributed by atoms with E-state index < -0.39 is 23.9 Å². The van der Waals surface area contributed by atoms with Crippen molar-refractivity contribution in [2.45, 2.75) is 38.9 Å². The molecule has 0 fully saturated rings. The van der Waals surface area contributed by atoms with Crippen molar-refractivity contribution in [3.05, 3.63) is 130 Å². The summed E-state index contributed by atoms with van der Waals surface area (Å²) in [7, 11) is 0. The Morgan fingerprint density at radius 3 is 2.23 bits per heavy atom. The monoisotopic (exact) mass is 613 g/mol. The van der Waals surface area contributed by atoms with Crippen LogP contribution in [0.1, 0.15) is 39.7 Å². The minimum atomic E-state index is -1.05. The first-order valence-corrected chi connectivity index (χ1v) is 14.8. The molecular weight excluding hydrogens is 578 g/mol. The Morgan fingerprint density at radius 2 is 1.59 bits per heavy atom. The van der Waals surface area contributed by atoms with E-state index in [-0.39, 0.29) is 19.5 Å². The van der Waals surface area contributed by atoms with Crippen LogP contribution in [0.4, 0.5) is 4.79 Å². The summed E-state index contributed by atoms with van der Waals surface area (Å²) in [5.41, 5.74) is 9.38. The molecule has 9 nitrogen and oxygen atoms in total. The number of amides is 4. The van der Waals surface area contributed by atoms with Crippen LogP contribution in [0.15, 0.2) is 97.2 Å². The van der Waals surface area contributed by atoms with Gasteiger partial charge < -0.3 is 21.1 Å². The zero-order valence-corrected chi connectivity index (χ0v) is 25.3. The molecule has 10 heteroatoms. The molecule has 1 atom stereocenters. The molecule has 4 rings (SSSR count). The van der Waals surface area contributed by atoms with Gasteiger partial charge in [0.25, 0.3) is 11.8 Å². The topological polar surface area (TPSA) is 127 Å². The summed E-state index contributed by atoms with van der Waals surface area (Å²) < 4.78 is 5.54. The standard InChI is InChI=1S/C34H36ClN5O4/c1-2-44-30-16-10-24(11-17-30)21-31(39-32(41)27-12-14-28(35)15-13-27)33(42)40(20-18-29-5-3-4-19-37-29)34(43)38-23-26-8-6-25(22-36)7-9-26/h3-17,19,31H,2,18,20-23,36H2,1H3,(H,38,43)(H,39,41)/t31-/m1/s1. The molecule has 0 aliphatic rings. The van der Waals surface area contributed by atoms with Crippen molar-refractivity contribution in [2.75, 3.05) is 13.2 Å². The van der Waals surface area contributed by atoms with Crippen molar-refractivity contribution in [2.24, 2.45) is 5.73 Å². The third kappa shape index (κ3) is 9.39. The summed E-state index contributed by atoms with van der Waals surface area (Å²) in [6, 6.07) is 25.1. The highest BCUT2D eigenvalue weighted by molar-refractivity contribution is 6.30. The minimum Gasteiger partial charge on any atom is -0.494 e. The summed E-state index contributed by atoms with van der Waals surface area (Å²) >= 11 is 6.01. The van der Waals surface area contributed by atoms with Gasteiger partial charge in [0.1, 0.15) is 11.8 Å². The molecule has 0 radical (unpaired) electrons. The molecule has 0 saturated carbocycles. The quantitative estimate of drug-likeness (QED) is 0.197.